The van der Waals surface area contributed by atoms with Gasteiger partial charge in [0.2, 0.25) is 0 Å². The topological polar surface area (TPSA) is 41.6 Å². The molecule has 1 fully saturated rings. The average molecular weight is 214 g/mol. The molecule has 1 aliphatic rings. The second kappa shape index (κ2) is 6.08. The highest BCUT2D eigenvalue weighted by atomic mass is 16.5. The monoisotopic (exact) mass is 214 g/mol. The normalized spacial score (nSPS) is 27.7. The zero-order valence-corrected chi connectivity index (χ0v) is 9.95. The maximum Gasteiger partial charge on any atom is 0.320 e. The first-order chi connectivity index (χ1) is 7.15. The van der Waals surface area contributed by atoms with Gasteiger partial charge in [-0.2, -0.15) is 0 Å². The van der Waals surface area contributed by atoms with Crippen LogP contribution in [0, 0.1) is 5.92 Å². The molecule has 1 saturated heterocycles. The Balaban J connectivity index is 2.37. The molecular formula is C11H22N2O2. The summed E-state index contributed by atoms with van der Waals surface area (Å²) in [6.07, 6.45) is 1.19. The summed E-state index contributed by atoms with van der Waals surface area (Å²) in [5.74, 6) is 0.534. The molecule has 1 aliphatic heterocycles. The van der Waals surface area contributed by atoms with Gasteiger partial charge in [-0.05, 0) is 26.3 Å². The van der Waals surface area contributed by atoms with Gasteiger partial charge in [0.1, 0.15) is 0 Å². The van der Waals surface area contributed by atoms with Gasteiger partial charge in [0.05, 0.1) is 13.2 Å². The third kappa shape index (κ3) is 4.18. The van der Waals surface area contributed by atoms with Crippen LogP contribution in [-0.4, -0.2) is 50.2 Å². The lowest BCUT2D eigenvalue weighted by Gasteiger charge is -2.35. The largest absolute Gasteiger partial charge is 0.465 e. The number of nitrogens with one attached hydrogen (secondary N) is 1. The Labute approximate surface area is 92.0 Å². The first kappa shape index (κ1) is 12.5. The third-order valence-corrected chi connectivity index (χ3v) is 2.80. The quantitative estimate of drug-likeness (QED) is 0.691. The van der Waals surface area contributed by atoms with Crippen LogP contribution < -0.4 is 5.32 Å². The molecule has 0 saturated carbocycles. The molecule has 0 aromatic carbocycles. The summed E-state index contributed by atoms with van der Waals surface area (Å²) in [6, 6.07) is 0.503. The van der Waals surface area contributed by atoms with E-state index >= 15 is 0 Å². The van der Waals surface area contributed by atoms with E-state index in [-0.39, 0.29) is 5.97 Å². The summed E-state index contributed by atoms with van der Waals surface area (Å²) < 4.78 is 4.95. The predicted molar refractivity (Wildman–Crippen MR) is 59.7 cm³/mol. The van der Waals surface area contributed by atoms with Crippen molar-refractivity contribution in [2.45, 2.75) is 26.3 Å². The van der Waals surface area contributed by atoms with Crippen LogP contribution in [0.3, 0.4) is 0 Å². The van der Waals surface area contributed by atoms with Crippen molar-refractivity contribution in [1.82, 2.24) is 10.2 Å². The number of rotatable bonds is 4. The SMILES string of the molecule is CCOC(=O)CN1CC(C)CC(NC)C1. The fourth-order valence-corrected chi connectivity index (χ4v) is 2.19. The summed E-state index contributed by atoms with van der Waals surface area (Å²) >= 11 is 0. The second-order valence-corrected chi connectivity index (χ2v) is 4.33. The Morgan fingerprint density at radius 3 is 2.87 bits per heavy atom. The molecule has 0 bridgehead atoms. The van der Waals surface area contributed by atoms with E-state index in [9.17, 15) is 4.79 Å². The second-order valence-electron chi connectivity index (χ2n) is 4.33. The zero-order valence-electron chi connectivity index (χ0n) is 9.95. The van der Waals surface area contributed by atoms with Gasteiger partial charge in [0, 0.05) is 19.1 Å². The molecule has 88 valence electrons. The van der Waals surface area contributed by atoms with Crippen LogP contribution in [0.4, 0.5) is 0 Å². The first-order valence-electron chi connectivity index (χ1n) is 5.71. The van der Waals surface area contributed by atoms with Crippen molar-refractivity contribution in [2.75, 3.05) is 33.3 Å². The molecule has 0 spiro atoms. The number of carbonyl (C=O) groups is 1. The number of likely N-dealkylation sites (N-methyl/N-ethyl adjacent to an activating group) is 1. The Hall–Kier alpha value is -0.610. The van der Waals surface area contributed by atoms with E-state index in [0.717, 1.165) is 13.1 Å². The molecule has 0 aromatic heterocycles. The predicted octanol–water partition coefficient (Wildman–Crippen LogP) is 0.479. The minimum absolute atomic E-state index is 0.110. The van der Waals surface area contributed by atoms with Gasteiger partial charge in [-0.3, -0.25) is 9.69 Å². The summed E-state index contributed by atoms with van der Waals surface area (Å²) in [4.78, 5) is 13.5. The summed E-state index contributed by atoms with van der Waals surface area (Å²) in [6.45, 7) is 6.90. The van der Waals surface area contributed by atoms with E-state index < -0.39 is 0 Å². The fraction of sp³-hybridized carbons (Fsp3) is 0.909. The van der Waals surface area contributed by atoms with E-state index in [1.165, 1.54) is 6.42 Å². The van der Waals surface area contributed by atoms with Gasteiger partial charge in [-0.15, -0.1) is 0 Å². The maximum absolute atomic E-state index is 11.3. The number of hydrogen-bond donors (Lipinski definition) is 1. The highest BCUT2D eigenvalue weighted by Gasteiger charge is 2.25. The van der Waals surface area contributed by atoms with Crippen LogP contribution in [0.1, 0.15) is 20.3 Å². The van der Waals surface area contributed by atoms with Crippen molar-refractivity contribution >= 4 is 5.97 Å². The maximum atomic E-state index is 11.3. The molecule has 0 radical (unpaired) electrons. The summed E-state index contributed by atoms with van der Waals surface area (Å²) in [5, 5.41) is 3.28. The molecule has 1 N–H and O–H groups in total. The van der Waals surface area contributed by atoms with Crippen molar-refractivity contribution in [3.63, 3.8) is 0 Å². The van der Waals surface area contributed by atoms with Crippen molar-refractivity contribution < 1.29 is 9.53 Å². The molecule has 15 heavy (non-hydrogen) atoms. The minimum Gasteiger partial charge on any atom is -0.465 e. The highest BCUT2D eigenvalue weighted by Crippen LogP contribution is 2.15. The number of carbonyl (C=O) groups excluding carboxylic acids is 1. The minimum atomic E-state index is -0.110. The Morgan fingerprint density at radius 2 is 2.27 bits per heavy atom. The van der Waals surface area contributed by atoms with Crippen LogP contribution >= 0.6 is 0 Å². The van der Waals surface area contributed by atoms with Crippen molar-refractivity contribution in [1.29, 1.82) is 0 Å². The van der Waals surface area contributed by atoms with Crippen LogP contribution in [0.5, 0.6) is 0 Å². The van der Waals surface area contributed by atoms with Gasteiger partial charge in [-0.1, -0.05) is 6.92 Å². The molecule has 0 amide bonds. The number of nitrogens with zero attached hydrogens (tertiary/aromatic N) is 1. The molecule has 0 aromatic rings. The van der Waals surface area contributed by atoms with Gasteiger partial charge < -0.3 is 10.1 Å². The molecule has 2 unspecified atom stereocenters. The van der Waals surface area contributed by atoms with Crippen LogP contribution in [0.2, 0.25) is 0 Å². The van der Waals surface area contributed by atoms with Gasteiger partial charge in [0.25, 0.3) is 0 Å². The highest BCUT2D eigenvalue weighted by molar-refractivity contribution is 5.71. The van der Waals surface area contributed by atoms with Gasteiger partial charge in [-0.25, -0.2) is 0 Å². The molecule has 4 heteroatoms. The van der Waals surface area contributed by atoms with Crippen LogP contribution in [-0.2, 0) is 9.53 Å². The Kier molecular flexibility index (Phi) is 5.05. The number of ether oxygens (including phenoxy) is 1. The number of piperidine rings is 1. The Morgan fingerprint density at radius 1 is 1.53 bits per heavy atom. The summed E-state index contributed by atoms with van der Waals surface area (Å²) in [5.41, 5.74) is 0. The fourth-order valence-electron chi connectivity index (χ4n) is 2.19. The van der Waals surface area contributed by atoms with Crippen molar-refractivity contribution in [3.05, 3.63) is 0 Å². The smallest absolute Gasteiger partial charge is 0.320 e. The van der Waals surface area contributed by atoms with Crippen molar-refractivity contribution in [2.24, 2.45) is 5.92 Å². The Bertz CT molecular complexity index is 209. The van der Waals surface area contributed by atoms with E-state index in [4.69, 9.17) is 4.74 Å². The summed E-state index contributed by atoms with van der Waals surface area (Å²) in [7, 11) is 1.98. The molecule has 1 heterocycles. The zero-order chi connectivity index (χ0) is 11.3. The molecular weight excluding hydrogens is 192 g/mol. The van der Waals surface area contributed by atoms with E-state index in [1.54, 1.807) is 0 Å². The number of esters is 1. The van der Waals surface area contributed by atoms with E-state index in [1.807, 2.05) is 14.0 Å². The van der Waals surface area contributed by atoms with Crippen molar-refractivity contribution in [3.8, 4) is 0 Å². The average Bonchev–Trinajstić information content (AvgIpc) is 2.17. The van der Waals surface area contributed by atoms with Gasteiger partial charge >= 0.3 is 5.97 Å². The number of hydrogen-bond acceptors (Lipinski definition) is 4. The molecule has 4 nitrogen and oxygen atoms in total. The van der Waals surface area contributed by atoms with E-state index in [2.05, 4.69) is 17.1 Å². The standard InChI is InChI=1S/C11H22N2O2/c1-4-15-11(14)8-13-6-9(2)5-10(7-13)12-3/h9-10,12H,4-8H2,1-3H3. The molecule has 0 aliphatic carbocycles. The lowest BCUT2D eigenvalue weighted by molar-refractivity contribution is -0.144. The number of likely N-dealkylation sites (tertiary alicyclic amines) is 1. The van der Waals surface area contributed by atoms with Crippen LogP contribution in [0.25, 0.3) is 0 Å². The molecule has 1 rings (SSSR count). The lowest BCUT2D eigenvalue weighted by atomic mass is 9.96. The lowest BCUT2D eigenvalue weighted by Crippen LogP contribution is -2.49. The van der Waals surface area contributed by atoms with Gasteiger partial charge in [0.15, 0.2) is 0 Å². The van der Waals surface area contributed by atoms with Crippen LogP contribution in [0.15, 0.2) is 0 Å². The van der Waals surface area contributed by atoms with E-state index in [0.29, 0.717) is 25.1 Å². The third-order valence-electron chi connectivity index (χ3n) is 2.80. The first-order valence-corrected chi connectivity index (χ1v) is 5.71. The molecule has 2 atom stereocenters.